The highest BCUT2D eigenvalue weighted by atomic mass is 32.2. The van der Waals surface area contributed by atoms with Gasteiger partial charge in [0.05, 0.1) is 23.7 Å². The maximum absolute atomic E-state index is 12.4. The van der Waals surface area contributed by atoms with Gasteiger partial charge in [0.1, 0.15) is 5.75 Å². The third kappa shape index (κ3) is 4.80. The normalized spacial score (nSPS) is 12.5. The number of hydrogen-bond acceptors (Lipinski definition) is 4. The van der Waals surface area contributed by atoms with Gasteiger partial charge in [-0.25, -0.2) is 8.42 Å². The summed E-state index contributed by atoms with van der Waals surface area (Å²) >= 11 is 0. The van der Waals surface area contributed by atoms with Gasteiger partial charge in [-0.1, -0.05) is 23.8 Å². The van der Waals surface area contributed by atoms with Crippen LogP contribution in [0.25, 0.3) is 0 Å². The Hall–Kier alpha value is -2.38. The zero-order chi connectivity index (χ0) is 18.6. The van der Waals surface area contributed by atoms with Crippen molar-refractivity contribution in [2.45, 2.75) is 31.7 Å². The van der Waals surface area contributed by atoms with E-state index in [0.717, 1.165) is 11.1 Å². The van der Waals surface area contributed by atoms with Crippen LogP contribution in [0.1, 0.15) is 18.1 Å². The van der Waals surface area contributed by atoms with E-state index < -0.39 is 22.0 Å². The highest BCUT2D eigenvalue weighted by Gasteiger charge is 2.22. The molecule has 0 saturated heterocycles. The third-order valence-corrected chi connectivity index (χ3v) is 5.23. The standard InChI is InChI=1S/C18H22N2O4S/c1-12-5-8-15(9-6-12)25(22,23)20-14(3)18(21)19-16-11-13(2)7-10-17(16)24-4/h5-11,14,20H,1-4H3,(H,19,21)/t14-/m1/s1. The molecule has 2 aromatic rings. The molecule has 0 fully saturated rings. The second-order valence-corrected chi connectivity index (χ2v) is 7.56. The molecule has 25 heavy (non-hydrogen) atoms. The lowest BCUT2D eigenvalue weighted by Gasteiger charge is -2.16. The predicted octanol–water partition coefficient (Wildman–Crippen LogP) is 2.62. The molecule has 0 saturated carbocycles. The zero-order valence-corrected chi connectivity index (χ0v) is 15.5. The van der Waals surface area contributed by atoms with Crippen LogP contribution in [0.4, 0.5) is 5.69 Å². The lowest BCUT2D eigenvalue weighted by atomic mass is 10.2. The number of sulfonamides is 1. The van der Waals surface area contributed by atoms with E-state index in [1.165, 1.54) is 26.2 Å². The van der Waals surface area contributed by atoms with E-state index in [-0.39, 0.29) is 4.90 Å². The van der Waals surface area contributed by atoms with Gasteiger partial charge in [-0.15, -0.1) is 0 Å². The van der Waals surface area contributed by atoms with Gasteiger partial charge in [0.2, 0.25) is 15.9 Å². The summed E-state index contributed by atoms with van der Waals surface area (Å²) in [6, 6.07) is 10.8. The highest BCUT2D eigenvalue weighted by molar-refractivity contribution is 7.89. The minimum absolute atomic E-state index is 0.117. The molecule has 2 aromatic carbocycles. The number of nitrogens with one attached hydrogen (secondary N) is 2. The van der Waals surface area contributed by atoms with Gasteiger partial charge < -0.3 is 10.1 Å². The van der Waals surface area contributed by atoms with Crippen LogP contribution in [-0.4, -0.2) is 27.5 Å². The molecule has 0 radical (unpaired) electrons. The highest BCUT2D eigenvalue weighted by Crippen LogP contribution is 2.25. The summed E-state index contributed by atoms with van der Waals surface area (Å²) in [6.45, 7) is 5.25. The molecule has 0 heterocycles. The number of carbonyl (C=O) groups is 1. The Bertz CT molecular complexity index is 861. The number of anilines is 1. The zero-order valence-electron chi connectivity index (χ0n) is 14.7. The van der Waals surface area contributed by atoms with Crippen LogP contribution in [0.2, 0.25) is 0 Å². The SMILES string of the molecule is COc1ccc(C)cc1NC(=O)[C@@H](C)NS(=O)(=O)c1ccc(C)cc1. The fourth-order valence-electron chi connectivity index (χ4n) is 2.23. The smallest absolute Gasteiger partial charge is 0.242 e. The maximum atomic E-state index is 12.4. The van der Waals surface area contributed by atoms with E-state index in [2.05, 4.69) is 10.0 Å². The van der Waals surface area contributed by atoms with Crippen LogP contribution in [0.3, 0.4) is 0 Å². The van der Waals surface area contributed by atoms with Gasteiger partial charge in [-0.3, -0.25) is 4.79 Å². The Morgan fingerprint density at radius 1 is 1.04 bits per heavy atom. The number of methoxy groups -OCH3 is 1. The van der Waals surface area contributed by atoms with Crippen molar-refractivity contribution in [2.75, 3.05) is 12.4 Å². The van der Waals surface area contributed by atoms with Gasteiger partial charge in [-0.2, -0.15) is 4.72 Å². The quantitative estimate of drug-likeness (QED) is 0.827. The molecular weight excluding hydrogens is 340 g/mol. The van der Waals surface area contributed by atoms with Crippen molar-refractivity contribution < 1.29 is 17.9 Å². The number of benzene rings is 2. The number of ether oxygens (including phenoxy) is 1. The molecule has 1 atom stereocenters. The molecule has 0 spiro atoms. The van der Waals surface area contributed by atoms with Gasteiger partial charge in [0.25, 0.3) is 0 Å². The Balaban J connectivity index is 2.12. The van der Waals surface area contributed by atoms with E-state index in [1.807, 2.05) is 19.9 Å². The van der Waals surface area contributed by atoms with E-state index >= 15 is 0 Å². The fraction of sp³-hybridized carbons (Fsp3) is 0.278. The van der Waals surface area contributed by atoms with E-state index in [4.69, 9.17) is 4.74 Å². The second kappa shape index (κ2) is 7.67. The lowest BCUT2D eigenvalue weighted by molar-refractivity contribution is -0.117. The van der Waals surface area contributed by atoms with Crippen LogP contribution < -0.4 is 14.8 Å². The summed E-state index contributed by atoms with van der Waals surface area (Å²) in [4.78, 5) is 12.5. The molecular formula is C18H22N2O4S. The van der Waals surface area contributed by atoms with Crippen LogP contribution in [0.15, 0.2) is 47.4 Å². The molecule has 0 aromatic heterocycles. The van der Waals surface area contributed by atoms with Gasteiger partial charge in [0.15, 0.2) is 0 Å². The first kappa shape index (κ1) is 19.0. The van der Waals surface area contributed by atoms with Crippen LogP contribution in [0, 0.1) is 13.8 Å². The number of carbonyl (C=O) groups excluding carboxylic acids is 1. The summed E-state index contributed by atoms with van der Waals surface area (Å²) in [5.41, 5.74) is 2.40. The Morgan fingerprint density at radius 2 is 1.64 bits per heavy atom. The molecule has 2 N–H and O–H groups in total. The summed E-state index contributed by atoms with van der Waals surface area (Å²) in [7, 11) is -2.28. The summed E-state index contributed by atoms with van der Waals surface area (Å²) in [6.07, 6.45) is 0. The van der Waals surface area contributed by atoms with Crippen molar-refractivity contribution in [2.24, 2.45) is 0 Å². The Morgan fingerprint density at radius 3 is 2.24 bits per heavy atom. The number of hydrogen-bond donors (Lipinski definition) is 2. The molecule has 0 aliphatic heterocycles. The molecule has 1 amide bonds. The molecule has 134 valence electrons. The first-order valence-corrected chi connectivity index (χ1v) is 9.26. The number of rotatable bonds is 6. The average molecular weight is 362 g/mol. The van der Waals surface area contributed by atoms with Gasteiger partial charge >= 0.3 is 0 Å². The monoisotopic (exact) mass is 362 g/mol. The largest absolute Gasteiger partial charge is 0.495 e. The maximum Gasteiger partial charge on any atom is 0.242 e. The minimum atomic E-state index is -3.78. The summed E-state index contributed by atoms with van der Waals surface area (Å²) in [5.74, 6) is 0.0344. The van der Waals surface area contributed by atoms with E-state index in [9.17, 15) is 13.2 Å². The van der Waals surface area contributed by atoms with Crippen LogP contribution >= 0.6 is 0 Å². The molecule has 7 heteroatoms. The predicted molar refractivity (Wildman–Crippen MR) is 97.3 cm³/mol. The molecule has 0 aliphatic carbocycles. The first-order valence-electron chi connectivity index (χ1n) is 7.77. The summed E-state index contributed by atoms with van der Waals surface area (Å²) in [5, 5.41) is 2.69. The van der Waals surface area contributed by atoms with Gasteiger partial charge in [0, 0.05) is 0 Å². The van der Waals surface area contributed by atoms with Crippen LogP contribution in [0.5, 0.6) is 5.75 Å². The van der Waals surface area contributed by atoms with Crippen molar-refractivity contribution in [3.05, 3.63) is 53.6 Å². The number of amides is 1. The fourth-order valence-corrected chi connectivity index (χ4v) is 3.44. The third-order valence-electron chi connectivity index (χ3n) is 3.67. The average Bonchev–Trinajstić information content (AvgIpc) is 2.55. The van der Waals surface area contributed by atoms with Crippen molar-refractivity contribution in [3.63, 3.8) is 0 Å². The van der Waals surface area contributed by atoms with Crippen molar-refractivity contribution >= 4 is 21.6 Å². The van der Waals surface area contributed by atoms with Crippen molar-refractivity contribution in [3.8, 4) is 5.75 Å². The second-order valence-electron chi connectivity index (χ2n) is 5.85. The Kier molecular flexibility index (Phi) is 5.81. The topological polar surface area (TPSA) is 84.5 Å². The molecule has 2 rings (SSSR count). The van der Waals surface area contributed by atoms with E-state index in [1.54, 1.807) is 24.3 Å². The molecule has 0 aliphatic rings. The number of aryl methyl sites for hydroxylation is 2. The lowest BCUT2D eigenvalue weighted by Crippen LogP contribution is -2.41. The summed E-state index contributed by atoms with van der Waals surface area (Å²) < 4.78 is 32.3. The molecule has 0 bridgehead atoms. The van der Waals surface area contributed by atoms with Gasteiger partial charge in [-0.05, 0) is 50.6 Å². The first-order chi connectivity index (χ1) is 11.7. The minimum Gasteiger partial charge on any atom is -0.495 e. The van der Waals surface area contributed by atoms with Crippen LogP contribution in [-0.2, 0) is 14.8 Å². The molecule has 0 unspecified atom stereocenters. The van der Waals surface area contributed by atoms with Crippen molar-refractivity contribution in [1.29, 1.82) is 0 Å². The van der Waals surface area contributed by atoms with Crippen molar-refractivity contribution in [1.82, 2.24) is 4.72 Å². The van der Waals surface area contributed by atoms with E-state index in [0.29, 0.717) is 11.4 Å². The molecule has 6 nitrogen and oxygen atoms in total. The Labute approximate surface area is 148 Å².